The van der Waals surface area contributed by atoms with Crippen LogP contribution >= 0.6 is 0 Å². The Kier molecular flexibility index (Phi) is 14.2. The minimum absolute atomic E-state index is 0.206. The van der Waals surface area contributed by atoms with Crippen LogP contribution in [0.5, 0.6) is 0 Å². The van der Waals surface area contributed by atoms with Crippen molar-refractivity contribution in [1.29, 1.82) is 0 Å². The number of allylic oxidation sites excluding steroid dienone is 5. The van der Waals surface area contributed by atoms with Crippen LogP contribution in [0.4, 0.5) is 13.2 Å². The highest BCUT2D eigenvalue weighted by Crippen LogP contribution is 2.24. The lowest BCUT2D eigenvalue weighted by Gasteiger charge is -2.34. The van der Waals surface area contributed by atoms with E-state index in [-0.39, 0.29) is 6.54 Å². The molecule has 4 atom stereocenters. The molecule has 7 N–H and O–H groups in total. The van der Waals surface area contributed by atoms with Gasteiger partial charge >= 0.3 is 6.18 Å². The quantitative estimate of drug-likeness (QED) is 0.138. The monoisotopic (exact) mass is 697 g/mol. The van der Waals surface area contributed by atoms with E-state index >= 15 is 0 Å². The van der Waals surface area contributed by atoms with Crippen LogP contribution in [0.2, 0.25) is 0 Å². The summed E-state index contributed by atoms with van der Waals surface area (Å²) in [5.74, 6) is -3.71. The van der Waals surface area contributed by atoms with Crippen molar-refractivity contribution in [3.63, 3.8) is 0 Å². The number of amides is 4. The van der Waals surface area contributed by atoms with Gasteiger partial charge in [0.2, 0.25) is 17.7 Å². The Bertz CT molecular complexity index is 1590. The fourth-order valence-electron chi connectivity index (χ4n) is 5.07. The molecule has 0 aromatic heterocycles. The molecule has 2 aromatic rings. The first-order chi connectivity index (χ1) is 23.6. The third-order valence-electron chi connectivity index (χ3n) is 8.22. The molecule has 4 amide bonds. The molecular formula is C36H42F3N5O6. The van der Waals surface area contributed by atoms with Crippen LogP contribution in [-0.4, -0.2) is 78.0 Å². The Morgan fingerprint density at radius 1 is 0.980 bits per heavy atom. The predicted molar refractivity (Wildman–Crippen MR) is 181 cm³/mol. The summed E-state index contributed by atoms with van der Waals surface area (Å²) in [5.41, 5.74) is 6.43. The summed E-state index contributed by atoms with van der Waals surface area (Å²) in [7, 11) is 0. The van der Waals surface area contributed by atoms with Crippen LogP contribution in [-0.2, 0) is 19.2 Å². The van der Waals surface area contributed by atoms with E-state index in [0.29, 0.717) is 23.8 Å². The van der Waals surface area contributed by atoms with Crippen molar-refractivity contribution in [2.45, 2.75) is 63.0 Å². The van der Waals surface area contributed by atoms with Crippen LogP contribution in [0.15, 0.2) is 90.6 Å². The lowest BCUT2D eigenvalue weighted by molar-refractivity contribution is -0.212. The zero-order valence-electron chi connectivity index (χ0n) is 27.7. The maximum atomic E-state index is 13.4. The molecule has 4 unspecified atom stereocenters. The first-order valence-electron chi connectivity index (χ1n) is 16.0. The molecule has 268 valence electrons. The molecule has 14 heteroatoms. The van der Waals surface area contributed by atoms with Crippen LogP contribution in [0, 0.1) is 5.92 Å². The number of hydrogen-bond donors (Lipinski definition) is 6. The van der Waals surface area contributed by atoms with E-state index in [1.165, 1.54) is 0 Å². The molecule has 0 radical (unpaired) electrons. The Morgan fingerprint density at radius 2 is 1.64 bits per heavy atom. The van der Waals surface area contributed by atoms with E-state index in [1.807, 2.05) is 47.8 Å². The molecule has 0 spiro atoms. The number of hydrogen-bond acceptors (Lipinski definition) is 7. The molecule has 1 aliphatic rings. The van der Waals surface area contributed by atoms with Gasteiger partial charge in [0, 0.05) is 18.5 Å². The first-order valence-corrected chi connectivity index (χ1v) is 16.0. The Balaban J connectivity index is 1.74. The van der Waals surface area contributed by atoms with Crippen LogP contribution in [0.25, 0.3) is 11.1 Å². The number of halogens is 3. The molecule has 2 aromatic carbocycles. The van der Waals surface area contributed by atoms with Gasteiger partial charge < -0.3 is 31.6 Å². The molecule has 0 heterocycles. The third-order valence-corrected chi connectivity index (χ3v) is 8.22. The van der Waals surface area contributed by atoms with Crippen molar-refractivity contribution >= 4 is 29.9 Å². The molecule has 0 saturated carbocycles. The predicted octanol–water partition coefficient (Wildman–Crippen LogP) is 2.87. The summed E-state index contributed by atoms with van der Waals surface area (Å²) in [5, 5.41) is 19.9. The lowest BCUT2D eigenvalue weighted by Crippen LogP contribution is -2.62. The van der Waals surface area contributed by atoms with Gasteiger partial charge in [-0.3, -0.25) is 24.5 Å². The normalized spacial score (nSPS) is 16.6. The fourth-order valence-corrected chi connectivity index (χ4v) is 5.07. The lowest BCUT2D eigenvalue weighted by atomic mass is 9.86. The van der Waals surface area contributed by atoms with Gasteiger partial charge in [-0.05, 0) is 47.6 Å². The number of nitrogens with two attached hydrogens (primary N) is 1. The van der Waals surface area contributed by atoms with E-state index in [0.717, 1.165) is 11.1 Å². The largest absolute Gasteiger partial charge is 0.416 e. The second-order valence-corrected chi connectivity index (χ2v) is 12.2. The minimum Gasteiger partial charge on any atom is -0.382 e. The smallest absolute Gasteiger partial charge is 0.382 e. The van der Waals surface area contributed by atoms with Gasteiger partial charge in [0.25, 0.3) is 5.91 Å². The van der Waals surface area contributed by atoms with E-state index in [2.05, 4.69) is 16.0 Å². The van der Waals surface area contributed by atoms with Crippen molar-refractivity contribution in [2.75, 3.05) is 13.1 Å². The van der Waals surface area contributed by atoms with Gasteiger partial charge in [-0.1, -0.05) is 86.7 Å². The number of aliphatic hydroxyl groups excluding tert-OH is 1. The highest BCUT2D eigenvalue weighted by molar-refractivity contribution is 5.97. The van der Waals surface area contributed by atoms with E-state index in [4.69, 9.17) is 5.73 Å². The molecule has 0 fully saturated rings. The van der Waals surface area contributed by atoms with Gasteiger partial charge in [0.05, 0.1) is 12.6 Å². The molecule has 0 bridgehead atoms. The average Bonchev–Trinajstić information content (AvgIpc) is 3.10. The summed E-state index contributed by atoms with van der Waals surface area (Å²) >= 11 is 0. The summed E-state index contributed by atoms with van der Waals surface area (Å²) in [6.07, 6.45) is 0.614. The summed E-state index contributed by atoms with van der Waals surface area (Å²) in [6, 6.07) is 13.4. The fraction of sp³-hybridized carbons (Fsp3) is 0.361. The topological polar surface area (TPSA) is 180 Å². The first kappa shape index (κ1) is 39.4. The van der Waals surface area contributed by atoms with Crippen molar-refractivity contribution in [2.24, 2.45) is 11.7 Å². The van der Waals surface area contributed by atoms with Crippen molar-refractivity contribution in [3.8, 4) is 11.1 Å². The van der Waals surface area contributed by atoms with Gasteiger partial charge in [-0.25, -0.2) is 0 Å². The highest BCUT2D eigenvalue weighted by Gasteiger charge is 2.44. The van der Waals surface area contributed by atoms with E-state index in [1.54, 1.807) is 56.3 Å². The van der Waals surface area contributed by atoms with Crippen LogP contribution in [0.3, 0.4) is 0 Å². The van der Waals surface area contributed by atoms with E-state index in [9.17, 15) is 42.3 Å². The zero-order valence-corrected chi connectivity index (χ0v) is 27.7. The Hall–Kier alpha value is -5.08. The van der Waals surface area contributed by atoms with E-state index < -0.39 is 78.8 Å². The standard InChI is InChI=1S/C36H42F3N5O6/c1-23(2)35(22-45,44-33(49)27-15-13-26(14-16-27)25-11-7-4-8-12-25)21-42-29(19-24-9-5-3-6-10-24)34(50)41-20-31(47)43-28(17-18-30(40)46)32(48)36(37,38)39/h3-9,11-16,19,22-23,28-29,32,42,48H,10,17-18,20-21H2,1-2H3,(H2,40,46)(H,41,50)(H,43,47)(H,44,49). The minimum atomic E-state index is -5.09. The highest BCUT2D eigenvalue weighted by atomic mass is 19.4. The summed E-state index contributed by atoms with van der Waals surface area (Å²) < 4.78 is 39.5. The maximum absolute atomic E-state index is 13.4. The number of rotatable bonds is 17. The van der Waals surface area contributed by atoms with Gasteiger partial charge in [-0.15, -0.1) is 0 Å². The number of carbonyl (C=O) groups is 5. The molecule has 11 nitrogen and oxygen atoms in total. The summed E-state index contributed by atoms with van der Waals surface area (Å²) in [4.78, 5) is 63.1. The molecule has 50 heavy (non-hydrogen) atoms. The number of alkyl halides is 3. The second-order valence-electron chi connectivity index (χ2n) is 12.2. The number of aldehydes is 1. The Morgan fingerprint density at radius 3 is 2.20 bits per heavy atom. The van der Waals surface area contributed by atoms with Crippen molar-refractivity contribution in [3.05, 3.63) is 96.1 Å². The average molecular weight is 698 g/mol. The number of primary amides is 1. The molecule has 0 saturated heterocycles. The molecule has 1 aliphatic carbocycles. The number of aliphatic hydroxyl groups is 1. The van der Waals surface area contributed by atoms with Crippen molar-refractivity contribution in [1.82, 2.24) is 21.3 Å². The molecule has 0 aliphatic heterocycles. The van der Waals surface area contributed by atoms with Crippen LogP contribution in [0.1, 0.15) is 43.5 Å². The van der Waals surface area contributed by atoms with Gasteiger partial charge in [0.15, 0.2) is 6.10 Å². The SMILES string of the molecule is CC(C)C(C=O)(CNC(C=C1C=CC=CC1)C(=O)NCC(=O)NC(CCC(N)=O)C(O)C(F)(F)F)NC(=O)c1ccc(-c2ccccc2)cc1. The van der Waals surface area contributed by atoms with Crippen LogP contribution < -0.4 is 27.0 Å². The summed E-state index contributed by atoms with van der Waals surface area (Å²) in [6.45, 7) is 2.48. The third kappa shape index (κ3) is 11.5. The number of benzene rings is 2. The number of carbonyl (C=O) groups excluding carboxylic acids is 5. The van der Waals surface area contributed by atoms with Gasteiger partial charge in [0.1, 0.15) is 17.9 Å². The zero-order chi connectivity index (χ0) is 36.9. The van der Waals surface area contributed by atoms with Crippen molar-refractivity contribution < 1.29 is 42.3 Å². The molecular weight excluding hydrogens is 655 g/mol. The maximum Gasteiger partial charge on any atom is 0.416 e. The number of nitrogens with one attached hydrogen (secondary N) is 4. The second kappa shape index (κ2) is 18.1. The molecule has 3 rings (SSSR count). The van der Waals surface area contributed by atoms with Gasteiger partial charge in [-0.2, -0.15) is 13.2 Å². The Labute approximate surface area is 288 Å².